The molecular weight excluding hydrogens is 300 g/mol. The lowest BCUT2D eigenvalue weighted by Gasteiger charge is -2.30. The van der Waals surface area contributed by atoms with Gasteiger partial charge in [0.25, 0.3) is 0 Å². The molecule has 5 nitrogen and oxygen atoms in total. The molecule has 2 rings (SSSR count). The molecule has 1 amide bonds. The zero-order chi connectivity index (χ0) is 16.2. The molecule has 1 aliphatic heterocycles. The number of benzene rings is 1. The minimum atomic E-state index is -3.31. The van der Waals surface area contributed by atoms with Crippen LogP contribution in [0.3, 0.4) is 0 Å². The largest absolute Gasteiger partial charge is 0.356 e. The Kier molecular flexibility index (Phi) is 5.58. The maximum absolute atomic E-state index is 12.5. The average Bonchev–Trinajstić information content (AvgIpc) is 2.47. The summed E-state index contributed by atoms with van der Waals surface area (Å²) < 4.78 is 26.5. The molecule has 1 saturated heterocycles. The fourth-order valence-corrected chi connectivity index (χ4v) is 4.37. The average molecular weight is 324 g/mol. The standard InChI is InChI=1S/C16H24N2O3S/c1-3-17-16(19)15-7-9-18(10-8-15)22(20,21)12-14-6-4-5-13(2)11-14/h4-6,11,15H,3,7-10,12H2,1-2H3,(H,17,19). The first-order chi connectivity index (χ1) is 10.4. The predicted octanol–water partition coefficient (Wildman–Crippen LogP) is 1.67. The van der Waals surface area contributed by atoms with Gasteiger partial charge in [0, 0.05) is 25.6 Å². The first kappa shape index (κ1) is 17.0. The van der Waals surface area contributed by atoms with Crippen LogP contribution in [0.2, 0.25) is 0 Å². The van der Waals surface area contributed by atoms with E-state index in [9.17, 15) is 13.2 Å². The fourth-order valence-electron chi connectivity index (χ4n) is 2.82. The van der Waals surface area contributed by atoms with E-state index in [-0.39, 0.29) is 17.6 Å². The summed E-state index contributed by atoms with van der Waals surface area (Å²) in [6.07, 6.45) is 1.19. The van der Waals surface area contributed by atoms with Gasteiger partial charge in [-0.3, -0.25) is 4.79 Å². The Hall–Kier alpha value is -1.40. The SMILES string of the molecule is CCNC(=O)C1CCN(S(=O)(=O)Cc2cccc(C)c2)CC1. The Morgan fingerprint density at radius 2 is 2.00 bits per heavy atom. The molecule has 0 atom stereocenters. The number of piperidine rings is 1. The van der Waals surface area contributed by atoms with Gasteiger partial charge in [-0.25, -0.2) is 12.7 Å². The first-order valence-corrected chi connectivity index (χ1v) is 9.34. The van der Waals surface area contributed by atoms with Crippen molar-refractivity contribution >= 4 is 15.9 Å². The monoisotopic (exact) mass is 324 g/mol. The van der Waals surface area contributed by atoms with E-state index >= 15 is 0 Å². The van der Waals surface area contributed by atoms with Gasteiger partial charge in [-0.15, -0.1) is 0 Å². The van der Waals surface area contributed by atoms with Crippen LogP contribution in [-0.4, -0.2) is 38.3 Å². The highest BCUT2D eigenvalue weighted by molar-refractivity contribution is 7.88. The summed E-state index contributed by atoms with van der Waals surface area (Å²) in [5.74, 6) is 0.00383. The number of carbonyl (C=O) groups is 1. The molecule has 1 aromatic rings. The number of sulfonamides is 1. The Balaban J connectivity index is 1.96. The third-order valence-electron chi connectivity index (χ3n) is 4.00. The van der Waals surface area contributed by atoms with Gasteiger partial charge in [-0.05, 0) is 32.3 Å². The molecule has 0 spiro atoms. The van der Waals surface area contributed by atoms with E-state index in [1.54, 1.807) is 0 Å². The third kappa shape index (κ3) is 4.30. The van der Waals surface area contributed by atoms with Gasteiger partial charge in [0.1, 0.15) is 0 Å². The lowest BCUT2D eigenvalue weighted by molar-refractivity contribution is -0.126. The molecule has 0 aliphatic carbocycles. The van der Waals surface area contributed by atoms with Crippen molar-refractivity contribution in [2.45, 2.75) is 32.4 Å². The van der Waals surface area contributed by atoms with Crippen LogP contribution in [0.5, 0.6) is 0 Å². The first-order valence-electron chi connectivity index (χ1n) is 7.73. The highest BCUT2D eigenvalue weighted by Gasteiger charge is 2.30. The van der Waals surface area contributed by atoms with Gasteiger partial charge in [-0.1, -0.05) is 29.8 Å². The Bertz CT molecular complexity index is 620. The minimum Gasteiger partial charge on any atom is -0.356 e. The molecule has 0 unspecified atom stereocenters. The second-order valence-electron chi connectivity index (χ2n) is 5.81. The summed E-state index contributed by atoms with van der Waals surface area (Å²) in [5.41, 5.74) is 1.87. The lowest BCUT2D eigenvalue weighted by atomic mass is 9.97. The second kappa shape index (κ2) is 7.24. The fraction of sp³-hybridized carbons (Fsp3) is 0.562. The smallest absolute Gasteiger partial charge is 0.223 e. The highest BCUT2D eigenvalue weighted by Crippen LogP contribution is 2.22. The summed E-state index contributed by atoms with van der Waals surface area (Å²) in [6, 6.07) is 7.57. The van der Waals surface area contributed by atoms with Crippen LogP contribution < -0.4 is 5.32 Å². The van der Waals surface area contributed by atoms with Crippen molar-refractivity contribution in [2.24, 2.45) is 5.92 Å². The van der Waals surface area contributed by atoms with Crippen LogP contribution in [0.15, 0.2) is 24.3 Å². The van der Waals surface area contributed by atoms with Crippen molar-refractivity contribution in [3.63, 3.8) is 0 Å². The number of rotatable bonds is 5. The van der Waals surface area contributed by atoms with Gasteiger partial charge in [0.2, 0.25) is 15.9 Å². The summed E-state index contributed by atoms with van der Waals surface area (Å²) in [4.78, 5) is 11.8. The van der Waals surface area contributed by atoms with Crippen LogP contribution in [-0.2, 0) is 20.6 Å². The summed E-state index contributed by atoms with van der Waals surface area (Å²) in [5, 5.41) is 2.81. The van der Waals surface area contributed by atoms with Crippen molar-refractivity contribution in [1.82, 2.24) is 9.62 Å². The second-order valence-corrected chi connectivity index (χ2v) is 7.78. The van der Waals surface area contributed by atoms with E-state index in [1.165, 1.54) is 4.31 Å². The highest BCUT2D eigenvalue weighted by atomic mass is 32.2. The number of carbonyl (C=O) groups excluding carboxylic acids is 1. The van der Waals surface area contributed by atoms with Gasteiger partial charge < -0.3 is 5.32 Å². The van der Waals surface area contributed by atoms with Gasteiger partial charge >= 0.3 is 0 Å². The molecule has 1 fully saturated rings. The molecule has 1 N–H and O–H groups in total. The Labute approximate surface area is 132 Å². The van der Waals surface area contributed by atoms with Gasteiger partial charge in [-0.2, -0.15) is 0 Å². The summed E-state index contributed by atoms with van der Waals surface area (Å²) >= 11 is 0. The molecule has 0 saturated carbocycles. The van der Waals surface area contributed by atoms with E-state index in [0.29, 0.717) is 32.5 Å². The van der Waals surface area contributed by atoms with Crippen molar-refractivity contribution in [3.8, 4) is 0 Å². The zero-order valence-corrected chi connectivity index (χ0v) is 14.0. The third-order valence-corrected chi connectivity index (χ3v) is 5.85. The topological polar surface area (TPSA) is 66.5 Å². The number of nitrogens with one attached hydrogen (secondary N) is 1. The number of hydrogen-bond acceptors (Lipinski definition) is 3. The van der Waals surface area contributed by atoms with E-state index < -0.39 is 10.0 Å². The molecule has 1 aliphatic rings. The van der Waals surface area contributed by atoms with E-state index in [4.69, 9.17) is 0 Å². The van der Waals surface area contributed by atoms with Crippen molar-refractivity contribution < 1.29 is 13.2 Å². The molecule has 0 aromatic heterocycles. The van der Waals surface area contributed by atoms with Crippen LogP contribution >= 0.6 is 0 Å². The molecule has 1 heterocycles. The number of amides is 1. The van der Waals surface area contributed by atoms with E-state index in [0.717, 1.165) is 11.1 Å². The van der Waals surface area contributed by atoms with E-state index in [1.807, 2.05) is 38.1 Å². The van der Waals surface area contributed by atoms with Crippen molar-refractivity contribution in [1.29, 1.82) is 0 Å². The normalized spacial score (nSPS) is 17.4. The molecule has 1 aromatic carbocycles. The predicted molar refractivity (Wildman–Crippen MR) is 86.8 cm³/mol. The Morgan fingerprint density at radius 1 is 1.32 bits per heavy atom. The minimum absolute atomic E-state index is 0.0283. The number of nitrogens with zero attached hydrogens (tertiary/aromatic N) is 1. The number of aryl methyl sites for hydroxylation is 1. The molecule has 0 radical (unpaired) electrons. The molecule has 122 valence electrons. The summed E-state index contributed by atoms with van der Waals surface area (Å²) in [6.45, 7) is 5.31. The van der Waals surface area contributed by atoms with Crippen LogP contribution in [0.25, 0.3) is 0 Å². The molecule has 6 heteroatoms. The summed E-state index contributed by atoms with van der Waals surface area (Å²) in [7, 11) is -3.31. The van der Waals surface area contributed by atoms with Crippen molar-refractivity contribution in [2.75, 3.05) is 19.6 Å². The van der Waals surface area contributed by atoms with Gasteiger partial charge in [0.05, 0.1) is 5.75 Å². The zero-order valence-electron chi connectivity index (χ0n) is 13.2. The van der Waals surface area contributed by atoms with Crippen LogP contribution in [0.4, 0.5) is 0 Å². The quantitative estimate of drug-likeness (QED) is 0.896. The Morgan fingerprint density at radius 3 is 2.59 bits per heavy atom. The lowest BCUT2D eigenvalue weighted by Crippen LogP contribution is -2.43. The maximum atomic E-state index is 12.5. The van der Waals surface area contributed by atoms with E-state index in [2.05, 4.69) is 5.32 Å². The van der Waals surface area contributed by atoms with Crippen LogP contribution in [0, 0.1) is 12.8 Å². The maximum Gasteiger partial charge on any atom is 0.223 e. The van der Waals surface area contributed by atoms with Crippen LogP contribution in [0.1, 0.15) is 30.9 Å². The van der Waals surface area contributed by atoms with Gasteiger partial charge in [0.15, 0.2) is 0 Å². The van der Waals surface area contributed by atoms with Crippen molar-refractivity contribution in [3.05, 3.63) is 35.4 Å². The molecule has 22 heavy (non-hydrogen) atoms. The molecule has 0 bridgehead atoms. The number of hydrogen-bond donors (Lipinski definition) is 1. The molecular formula is C16H24N2O3S.